The van der Waals surface area contributed by atoms with Crippen LogP contribution in [-0.4, -0.2) is 19.3 Å². The van der Waals surface area contributed by atoms with E-state index in [-0.39, 0.29) is 11.9 Å². The fraction of sp³-hybridized carbons (Fsp3) is 0.455. The Bertz CT molecular complexity index is 299. The van der Waals surface area contributed by atoms with E-state index in [1.807, 2.05) is 12.1 Å². The number of ether oxygens (including phenoxy) is 1. The van der Waals surface area contributed by atoms with E-state index in [0.29, 0.717) is 19.1 Å². The molecule has 0 spiro atoms. The van der Waals surface area contributed by atoms with Crippen LogP contribution in [0, 0.1) is 5.82 Å². The Balaban J connectivity index is 2.06. The van der Waals surface area contributed by atoms with E-state index < -0.39 is 0 Å². The Kier molecular flexibility index (Phi) is 2.79. The van der Waals surface area contributed by atoms with Crippen molar-refractivity contribution in [2.24, 2.45) is 5.73 Å². The molecule has 0 aliphatic carbocycles. The lowest BCUT2D eigenvalue weighted by Crippen LogP contribution is -2.18. The molecule has 1 heterocycles. The van der Waals surface area contributed by atoms with Crippen LogP contribution in [-0.2, 0) is 4.74 Å². The van der Waals surface area contributed by atoms with Crippen LogP contribution in [0.25, 0.3) is 0 Å². The summed E-state index contributed by atoms with van der Waals surface area (Å²) in [5.41, 5.74) is 6.65. The van der Waals surface area contributed by atoms with Crippen molar-refractivity contribution in [3.05, 3.63) is 35.6 Å². The minimum absolute atomic E-state index is 0.171. The molecule has 1 fully saturated rings. The summed E-state index contributed by atoms with van der Waals surface area (Å²) in [6, 6.07) is 6.63. The topological polar surface area (TPSA) is 35.2 Å². The summed E-state index contributed by atoms with van der Waals surface area (Å²) < 4.78 is 18.1. The van der Waals surface area contributed by atoms with E-state index in [4.69, 9.17) is 10.5 Å². The predicted octanol–water partition coefficient (Wildman–Crippen LogP) is 1.66. The van der Waals surface area contributed by atoms with Crippen molar-refractivity contribution in [1.29, 1.82) is 0 Å². The molecule has 0 radical (unpaired) electrons. The summed E-state index contributed by atoms with van der Waals surface area (Å²) in [4.78, 5) is 0. The molecule has 2 rings (SSSR count). The molecule has 3 heteroatoms. The average Bonchev–Trinajstić information content (AvgIpc) is 2.67. The van der Waals surface area contributed by atoms with Gasteiger partial charge in [0.1, 0.15) is 5.82 Å². The Morgan fingerprint density at radius 2 is 2.07 bits per heavy atom. The van der Waals surface area contributed by atoms with Crippen LogP contribution >= 0.6 is 0 Å². The van der Waals surface area contributed by atoms with Crippen molar-refractivity contribution in [1.82, 2.24) is 0 Å². The highest BCUT2D eigenvalue weighted by atomic mass is 19.1. The van der Waals surface area contributed by atoms with Crippen LogP contribution in [0.2, 0.25) is 0 Å². The molecule has 1 aromatic rings. The maximum absolute atomic E-state index is 12.7. The second-order valence-electron chi connectivity index (χ2n) is 3.68. The average molecular weight is 195 g/mol. The molecule has 1 aliphatic rings. The van der Waals surface area contributed by atoms with E-state index in [1.165, 1.54) is 12.1 Å². The van der Waals surface area contributed by atoms with Gasteiger partial charge in [-0.1, -0.05) is 12.1 Å². The van der Waals surface area contributed by atoms with E-state index in [9.17, 15) is 4.39 Å². The molecule has 2 atom stereocenters. The van der Waals surface area contributed by atoms with E-state index in [1.54, 1.807) is 0 Å². The van der Waals surface area contributed by atoms with Crippen LogP contribution in [0.1, 0.15) is 17.9 Å². The molecule has 0 amide bonds. The number of hydrogen-bond acceptors (Lipinski definition) is 2. The first-order valence-electron chi connectivity index (χ1n) is 4.86. The summed E-state index contributed by atoms with van der Waals surface area (Å²) in [7, 11) is 0. The molecule has 0 bridgehead atoms. The van der Waals surface area contributed by atoms with Crippen LogP contribution in [0.3, 0.4) is 0 Å². The molecule has 1 aromatic carbocycles. The lowest BCUT2D eigenvalue weighted by Gasteiger charge is -2.07. The maximum Gasteiger partial charge on any atom is 0.123 e. The molecule has 76 valence electrons. The van der Waals surface area contributed by atoms with Crippen LogP contribution in [0.5, 0.6) is 0 Å². The van der Waals surface area contributed by atoms with Gasteiger partial charge in [0.2, 0.25) is 0 Å². The van der Waals surface area contributed by atoms with Crippen LogP contribution in [0.4, 0.5) is 4.39 Å². The molecule has 1 aliphatic heterocycles. The smallest absolute Gasteiger partial charge is 0.123 e. The number of nitrogens with two attached hydrogens (primary N) is 1. The fourth-order valence-electron chi connectivity index (χ4n) is 1.84. The first-order chi connectivity index (χ1) is 6.79. The van der Waals surface area contributed by atoms with E-state index in [0.717, 1.165) is 12.0 Å². The third kappa shape index (κ3) is 1.94. The van der Waals surface area contributed by atoms with Gasteiger partial charge in [-0.05, 0) is 24.1 Å². The number of halogens is 1. The summed E-state index contributed by atoms with van der Waals surface area (Å²) in [6.07, 6.45) is 1.12. The largest absolute Gasteiger partial charge is 0.376 e. The van der Waals surface area contributed by atoms with Gasteiger partial charge < -0.3 is 10.5 Å². The van der Waals surface area contributed by atoms with E-state index >= 15 is 0 Å². The Morgan fingerprint density at radius 1 is 1.36 bits per heavy atom. The normalized spacial score (nSPS) is 26.7. The first kappa shape index (κ1) is 9.62. The van der Waals surface area contributed by atoms with Crippen molar-refractivity contribution < 1.29 is 9.13 Å². The molecule has 2 N–H and O–H groups in total. The predicted molar refractivity (Wildman–Crippen MR) is 52.6 cm³/mol. The Morgan fingerprint density at radius 3 is 2.64 bits per heavy atom. The number of benzene rings is 1. The minimum atomic E-state index is -0.192. The maximum atomic E-state index is 12.7. The highest BCUT2D eigenvalue weighted by Crippen LogP contribution is 2.28. The summed E-state index contributed by atoms with van der Waals surface area (Å²) >= 11 is 0. The molecule has 0 saturated carbocycles. The summed E-state index contributed by atoms with van der Waals surface area (Å²) in [5.74, 6) is 0.187. The number of hydrogen-bond donors (Lipinski definition) is 1. The highest BCUT2D eigenvalue weighted by Gasteiger charge is 2.25. The van der Waals surface area contributed by atoms with Gasteiger partial charge in [0.05, 0.1) is 12.7 Å². The molecular weight excluding hydrogens is 181 g/mol. The monoisotopic (exact) mass is 195 g/mol. The van der Waals surface area contributed by atoms with Crippen molar-refractivity contribution in [3.63, 3.8) is 0 Å². The summed E-state index contributed by atoms with van der Waals surface area (Å²) in [5, 5.41) is 0. The van der Waals surface area contributed by atoms with Gasteiger partial charge >= 0.3 is 0 Å². The van der Waals surface area contributed by atoms with Crippen LogP contribution < -0.4 is 5.73 Å². The molecule has 0 unspecified atom stereocenters. The third-order valence-corrected chi connectivity index (χ3v) is 2.68. The first-order valence-corrected chi connectivity index (χ1v) is 4.86. The van der Waals surface area contributed by atoms with Gasteiger partial charge in [-0.25, -0.2) is 4.39 Å². The van der Waals surface area contributed by atoms with Gasteiger partial charge in [0.15, 0.2) is 0 Å². The number of rotatable bonds is 2. The summed E-state index contributed by atoms with van der Waals surface area (Å²) in [6.45, 7) is 1.27. The zero-order valence-electron chi connectivity index (χ0n) is 7.95. The SMILES string of the molecule is NC[C@H]1C[C@H](c2ccc(F)cc2)CO1. The second kappa shape index (κ2) is 4.07. The van der Waals surface area contributed by atoms with Gasteiger partial charge in [0, 0.05) is 12.5 Å². The fourth-order valence-corrected chi connectivity index (χ4v) is 1.84. The lowest BCUT2D eigenvalue weighted by molar-refractivity contribution is 0.116. The van der Waals surface area contributed by atoms with Gasteiger partial charge in [-0.2, -0.15) is 0 Å². The lowest BCUT2D eigenvalue weighted by atomic mass is 9.96. The zero-order valence-corrected chi connectivity index (χ0v) is 7.95. The highest BCUT2D eigenvalue weighted by molar-refractivity contribution is 5.21. The van der Waals surface area contributed by atoms with Gasteiger partial charge in [-0.3, -0.25) is 0 Å². The van der Waals surface area contributed by atoms with Crippen LogP contribution in [0.15, 0.2) is 24.3 Å². The Hall–Kier alpha value is -0.930. The molecule has 2 nitrogen and oxygen atoms in total. The van der Waals surface area contributed by atoms with Crippen molar-refractivity contribution >= 4 is 0 Å². The third-order valence-electron chi connectivity index (χ3n) is 2.68. The van der Waals surface area contributed by atoms with Crippen molar-refractivity contribution in [2.45, 2.75) is 18.4 Å². The van der Waals surface area contributed by atoms with Crippen molar-refractivity contribution in [3.8, 4) is 0 Å². The molecule has 14 heavy (non-hydrogen) atoms. The van der Waals surface area contributed by atoms with Gasteiger partial charge in [-0.15, -0.1) is 0 Å². The standard InChI is InChI=1S/C11H14FNO/c12-10-3-1-8(2-4-10)9-5-11(6-13)14-7-9/h1-4,9,11H,5-7,13H2/t9-,11+/m0/s1. The molecule has 1 saturated heterocycles. The van der Waals surface area contributed by atoms with Gasteiger partial charge in [0.25, 0.3) is 0 Å². The zero-order chi connectivity index (χ0) is 9.97. The molecule has 0 aromatic heterocycles. The second-order valence-corrected chi connectivity index (χ2v) is 3.68. The minimum Gasteiger partial charge on any atom is -0.376 e. The van der Waals surface area contributed by atoms with Crippen molar-refractivity contribution in [2.75, 3.05) is 13.2 Å². The molecular formula is C11H14FNO. The Labute approximate surface area is 82.9 Å². The quantitative estimate of drug-likeness (QED) is 0.778. The van der Waals surface area contributed by atoms with E-state index in [2.05, 4.69) is 0 Å².